The number of ketones is 1. The van der Waals surface area contributed by atoms with Gasteiger partial charge in [0, 0.05) is 12.8 Å². The Balaban J connectivity index is 2.15. The molecule has 2 heteroatoms. The molecule has 2 rings (SSSR count). The van der Waals surface area contributed by atoms with E-state index in [0.717, 1.165) is 18.4 Å². The summed E-state index contributed by atoms with van der Waals surface area (Å²) in [6, 6.07) is 9.73. The summed E-state index contributed by atoms with van der Waals surface area (Å²) in [6.45, 7) is 0. The molecular weight excluding hydrogens is 212 g/mol. The molecule has 0 saturated heterocycles. The van der Waals surface area contributed by atoms with Gasteiger partial charge < -0.3 is 5.11 Å². The smallest absolute Gasteiger partial charge is 0.164 e. The fraction of sp³-hybridized carbons (Fsp3) is 0.400. The van der Waals surface area contributed by atoms with Gasteiger partial charge in [-0.15, -0.1) is 0 Å². The van der Waals surface area contributed by atoms with Crippen LogP contribution in [0.2, 0.25) is 0 Å². The average molecular weight is 230 g/mol. The van der Waals surface area contributed by atoms with Crippen molar-refractivity contribution in [3.63, 3.8) is 0 Å². The van der Waals surface area contributed by atoms with Crippen molar-refractivity contribution in [3.05, 3.63) is 48.0 Å². The topological polar surface area (TPSA) is 37.3 Å². The zero-order chi connectivity index (χ0) is 12.1. The molecule has 1 aromatic carbocycles. The molecule has 0 radical (unpaired) electrons. The highest BCUT2D eigenvalue weighted by Crippen LogP contribution is 2.24. The van der Waals surface area contributed by atoms with Crippen molar-refractivity contribution >= 4 is 5.78 Å². The van der Waals surface area contributed by atoms with Crippen LogP contribution >= 0.6 is 0 Å². The lowest BCUT2D eigenvalue weighted by molar-refractivity contribution is -0.138. The van der Waals surface area contributed by atoms with Gasteiger partial charge in [-0.3, -0.25) is 4.79 Å². The third-order valence-electron chi connectivity index (χ3n) is 3.29. The van der Waals surface area contributed by atoms with E-state index in [0.29, 0.717) is 19.3 Å². The van der Waals surface area contributed by atoms with Crippen LogP contribution in [-0.4, -0.2) is 16.5 Å². The van der Waals surface area contributed by atoms with E-state index in [1.165, 1.54) is 0 Å². The van der Waals surface area contributed by atoms with Crippen LogP contribution in [0.4, 0.5) is 0 Å². The highest BCUT2D eigenvalue weighted by atomic mass is 16.3. The molecule has 90 valence electrons. The van der Waals surface area contributed by atoms with Gasteiger partial charge in [-0.25, -0.2) is 0 Å². The number of aliphatic hydroxyl groups is 1. The molecule has 0 aromatic heterocycles. The molecule has 0 aliphatic heterocycles. The maximum Gasteiger partial charge on any atom is 0.164 e. The van der Waals surface area contributed by atoms with Crippen molar-refractivity contribution in [1.82, 2.24) is 0 Å². The molecule has 0 heterocycles. The van der Waals surface area contributed by atoms with Crippen LogP contribution in [0.5, 0.6) is 0 Å². The Kier molecular flexibility index (Phi) is 3.75. The summed E-state index contributed by atoms with van der Waals surface area (Å²) in [6.07, 6.45) is 7.00. The second-order valence-electron chi connectivity index (χ2n) is 4.67. The van der Waals surface area contributed by atoms with Crippen molar-refractivity contribution in [3.8, 4) is 0 Å². The Hall–Kier alpha value is -1.41. The molecular formula is C15H18O2. The second-order valence-corrected chi connectivity index (χ2v) is 4.67. The van der Waals surface area contributed by atoms with Gasteiger partial charge in [0.05, 0.1) is 0 Å². The maximum atomic E-state index is 12.0. The highest BCUT2D eigenvalue weighted by Gasteiger charge is 2.34. The Bertz CT molecular complexity index is 408. The van der Waals surface area contributed by atoms with Crippen LogP contribution in [0, 0.1) is 0 Å². The van der Waals surface area contributed by atoms with E-state index in [2.05, 4.69) is 6.08 Å². The lowest BCUT2D eigenvalue weighted by atomic mass is 9.83. The normalized spacial score (nSPS) is 27.2. The van der Waals surface area contributed by atoms with Crippen LogP contribution in [0.1, 0.15) is 31.2 Å². The first-order chi connectivity index (χ1) is 8.21. The zero-order valence-corrected chi connectivity index (χ0v) is 9.93. The van der Waals surface area contributed by atoms with E-state index < -0.39 is 5.60 Å². The molecule has 0 saturated carbocycles. The quantitative estimate of drug-likeness (QED) is 0.793. The largest absolute Gasteiger partial charge is 0.382 e. The SMILES string of the molecule is O=C1CC/C=C\CCC1(O)Cc1ccccc1. The van der Waals surface area contributed by atoms with Crippen molar-refractivity contribution in [2.45, 2.75) is 37.7 Å². The van der Waals surface area contributed by atoms with Crippen molar-refractivity contribution in [2.75, 3.05) is 0 Å². The fourth-order valence-corrected chi connectivity index (χ4v) is 2.26. The molecule has 1 aromatic rings. The number of hydrogen-bond acceptors (Lipinski definition) is 2. The summed E-state index contributed by atoms with van der Waals surface area (Å²) < 4.78 is 0. The number of benzene rings is 1. The van der Waals surface area contributed by atoms with E-state index in [1.807, 2.05) is 36.4 Å². The lowest BCUT2D eigenvalue weighted by Gasteiger charge is -2.27. The van der Waals surface area contributed by atoms with Crippen LogP contribution in [0.15, 0.2) is 42.5 Å². The second kappa shape index (κ2) is 5.28. The van der Waals surface area contributed by atoms with E-state index in [1.54, 1.807) is 0 Å². The van der Waals surface area contributed by atoms with Gasteiger partial charge in [0.1, 0.15) is 5.60 Å². The maximum absolute atomic E-state index is 12.0. The third-order valence-corrected chi connectivity index (χ3v) is 3.29. The number of carbonyl (C=O) groups excluding carboxylic acids is 1. The third kappa shape index (κ3) is 3.04. The number of allylic oxidation sites excluding steroid dienone is 2. The minimum absolute atomic E-state index is 0.0225. The summed E-state index contributed by atoms with van der Waals surface area (Å²) >= 11 is 0. The van der Waals surface area contributed by atoms with Gasteiger partial charge in [0.25, 0.3) is 0 Å². The molecule has 1 N–H and O–H groups in total. The molecule has 1 aliphatic rings. The fourth-order valence-electron chi connectivity index (χ4n) is 2.26. The minimum atomic E-state index is -1.17. The number of carbonyl (C=O) groups is 1. The van der Waals surface area contributed by atoms with E-state index in [9.17, 15) is 9.90 Å². The molecule has 1 atom stereocenters. The summed E-state index contributed by atoms with van der Waals surface area (Å²) in [5, 5.41) is 10.5. The Morgan fingerprint density at radius 3 is 2.59 bits per heavy atom. The van der Waals surface area contributed by atoms with Crippen molar-refractivity contribution < 1.29 is 9.90 Å². The first-order valence-corrected chi connectivity index (χ1v) is 6.15. The average Bonchev–Trinajstić information content (AvgIpc) is 2.33. The molecule has 0 amide bonds. The van der Waals surface area contributed by atoms with Crippen LogP contribution in [0.25, 0.3) is 0 Å². The van der Waals surface area contributed by atoms with Gasteiger partial charge >= 0.3 is 0 Å². The summed E-state index contributed by atoms with van der Waals surface area (Å²) in [4.78, 5) is 12.0. The standard InChI is InChI=1S/C15H18O2/c16-14-10-6-1-2-7-11-15(14,17)12-13-8-4-3-5-9-13/h1-5,8-9,17H,6-7,10-12H2/b2-1-. The summed E-state index contributed by atoms with van der Waals surface area (Å²) in [5.74, 6) is -0.0225. The molecule has 2 nitrogen and oxygen atoms in total. The summed E-state index contributed by atoms with van der Waals surface area (Å²) in [7, 11) is 0. The number of hydrogen-bond donors (Lipinski definition) is 1. The van der Waals surface area contributed by atoms with Crippen molar-refractivity contribution in [2.24, 2.45) is 0 Å². The molecule has 1 aliphatic carbocycles. The summed E-state index contributed by atoms with van der Waals surface area (Å²) in [5.41, 5.74) is -0.153. The number of rotatable bonds is 2. The predicted octanol–water partition coefficient (Wildman–Crippen LogP) is 2.66. The molecule has 0 bridgehead atoms. The highest BCUT2D eigenvalue weighted by molar-refractivity contribution is 5.87. The first-order valence-electron chi connectivity index (χ1n) is 6.15. The van der Waals surface area contributed by atoms with E-state index in [4.69, 9.17) is 0 Å². The van der Waals surface area contributed by atoms with E-state index in [-0.39, 0.29) is 5.78 Å². The monoisotopic (exact) mass is 230 g/mol. The van der Waals surface area contributed by atoms with Gasteiger partial charge in [-0.05, 0) is 24.8 Å². The van der Waals surface area contributed by atoms with Crippen LogP contribution in [0.3, 0.4) is 0 Å². The van der Waals surface area contributed by atoms with Crippen LogP contribution < -0.4 is 0 Å². The van der Waals surface area contributed by atoms with Gasteiger partial charge in [-0.1, -0.05) is 42.5 Å². The zero-order valence-electron chi connectivity index (χ0n) is 9.93. The van der Waals surface area contributed by atoms with Gasteiger partial charge in [0.2, 0.25) is 0 Å². The molecule has 17 heavy (non-hydrogen) atoms. The first kappa shape index (κ1) is 12.1. The Morgan fingerprint density at radius 2 is 1.82 bits per heavy atom. The van der Waals surface area contributed by atoms with Crippen molar-refractivity contribution in [1.29, 1.82) is 0 Å². The van der Waals surface area contributed by atoms with Gasteiger partial charge in [-0.2, -0.15) is 0 Å². The molecule has 0 fully saturated rings. The van der Waals surface area contributed by atoms with E-state index >= 15 is 0 Å². The molecule has 1 unspecified atom stereocenters. The van der Waals surface area contributed by atoms with Crippen LogP contribution in [-0.2, 0) is 11.2 Å². The predicted molar refractivity (Wildman–Crippen MR) is 67.7 cm³/mol. The minimum Gasteiger partial charge on any atom is -0.382 e. The lowest BCUT2D eigenvalue weighted by Crippen LogP contribution is -2.41. The van der Waals surface area contributed by atoms with Gasteiger partial charge in [0.15, 0.2) is 5.78 Å². The molecule has 0 spiro atoms. The Labute approximate surface area is 102 Å². The number of Topliss-reactive ketones (excluding diaryl/α,β-unsaturated/α-hetero) is 1. The Morgan fingerprint density at radius 1 is 1.12 bits per heavy atom.